The number of aliphatic hydroxyl groups excluding tert-OH is 1. The van der Waals surface area contributed by atoms with Crippen LogP contribution in [-0.4, -0.2) is 48.2 Å². The molecular weight excluding hydrogens is 366 g/mol. The minimum atomic E-state index is -1.34. The summed E-state index contributed by atoms with van der Waals surface area (Å²) >= 11 is 0. The molecule has 1 fully saturated rings. The minimum absolute atomic E-state index is 0.272. The Hall–Kier alpha value is -3.39. The number of rotatable bonds is 6. The maximum atomic E-state index is 12.2. The van der Waals surface area contributed by atoms with Crippen molar-refractivity contribution in [1.82, 2.24) is 0 Å². The van der Waals surface area contributed by atoms with Crippen LogP contribution in [0, 0.1) is 0 Å². The molecule has 2 aromatic rings. The molecule has 144 valence electrons. The Morgan fingerprint density at radius 1 is 1.04 bits per heavy atom. The second-order valence-electron chi connectivity index (χ2n) is 5.96. The average Bonchev–Trinajstić information content (AvgIpc) is 3.02. The first kappa shape index (κ1) is 19.4. The largest absolute Gasteiger partial charge is 0.459 e. The third-order valence-electron chi connectivity index (χ3n) is 4.12. The van der Waals surface area contributed by atoms with Gasteiger partial charge < -0.3 is 19.3 Å². The molecule has 1 aliphatic heterocycles. The van der Waals surface area contributed by atoms with Gasteiger partial charge in [-0.2, -0.15) is 0 Å². The molecule has 0 bridgehead atoms. The Kier molecular flexibility index (Phi) is 6.23. The first-order valence-electron chi connectivity index (χ1n) is 8.46. The van der Waals surface area contributed by atoms with Gasteiger partial charge in [0, 0.05) is 4.91 Å². The molecule has 0 saturated carbocycles. The Balaban J connectivity index is 1.65. The van der Waals surface area contributed by atoms with Crippen molar-refractivity contribution in [1.29, 1.82) is 0 Å². The second-order valence-corrected chi connectivity index (χ2v) is 5.96. The molecule has 0 spiro atoms. The van der Waals surface area contributed by atoms with Gasteiger partial charge in [0.15, 0.2) is 12.3 Å². The van der Waals surface area contributed by atoms with Gasteiger partial charge in [0.25, 0.3) is 0 Å². The number of ether oxygens (including phenoxy) is 3. The van der Waals surface area contributed by atoms with E-state index in [4.69, 9.17) is 19.7 Å². The first-order chi connectivity index (χ1) is 13.6. The predicted octanol–water partition coefficient (Wildman–Crippen LogP) is 2.47. The van der Waals surface area contributed by atoms with E-state index in [0.717, 1.165) is 0 Å². The third-order valence-corrected chi connectivity index (χ3v) is 4.12. The van der Waals surface area contributed by atoms with E-state index in [1.54, 1.807) is 60.7 Å². The van der Waals surface area contributed by atoms with E-state index in [2.05, 4.69) is 10.0 Å². The van der Waals surface area contributed by atoms with Crippen molar-refractivity contribution in [2.45, 2.75) is 24.5 Å². The molecule has 9 nitrogen and oxygen atoms in total. The first-order valence-corrected chi connectivity index (χ1v) is 8.46. The molecule has 1 heterocycles. The molecule has 0 radical (unpaired) electrons. The van der Waals surface area contributed by atoms with Crippen molar-refractivity contribution in [3.63, 3.8) is 0 Å². The number of nitrogens with zero attached hydrogens (tertiary/aromatic N) is 3. The van der Waals surface area contributed by atoms with E-state index in [9.17, 15) is 14.7 Å². The minimum Gasteiger partial charge on any atom is -0.459 e. The number of carbonyl (C=O) groups excluding carboxylic acids is 2. The number of benzene rings is 2. The zero-order valence-corrected chi connectivity index (χ0v) is 14.6. The fraction of sp³-hybridized carbons (Fsp3) is 0.263. The summed E-state index contributed by atoms with van der Waals surface area (Å²) < 4.78 is 15.8. The second kappa shape index (κ2) is 9.01. The Morgan fingerprint density at radius 3 is 2.18 bits per heavy atom. The molecule has 0 aliphatic carbocycles. The van der Waals surface area contributed by atoms with Gasteiger partial charge in [-0.3, -0.25) is 0 Å². The zero-order chi connectivity index (χ0) is 19.9. The highest BCUT2D eigenvalue weighted by molar-refractivity contribution is 5.89. The third kappa shape index (κ3) is 4.47. The van der Waals surface area contributed by atoms with Crippen LogP contribution in [-0.2, 0) is 14.2 Å². The Labute approximate surface area is 160 Å². The molecule has 4 atom stereocenters. The van der Waals surface area contributed by atoms with Gasteiger partial charge in [-0.05, 0) is 29.8 Å². The van der Waals surface area contributed by atoms with Crippen molar-refractivity contribution in [2.24, 2.45) is 5.11 Å². The number of esters is 2. The van der Waals surface area contributed by atoms with Gasteiger partial charge in [0.2, 0.25) is 0 Å². The highest BCUT2D eigenvalue weighted by Gasteiger charge is 2.46. The van der Waals surface area contributed by atoms with E-state index in [1.807, 2.05) is 0 Å². The number of azide groups is 1. The lowest BCUT2D eigenvalue weighted by Gasteiger charge is -2.18. The SMILES string of the molecule is [N-]=[N+]=N[C@H]1O[C@H](COC(=O)c2ccccc2)[C@@H](O)[C@@H]1OC(=O)c1ccccc1. The summed E-state index contributed by atoms with van der Waals surface area (Å²) in [6.45, 7) is -0.300. The van der Waals surface area contributed by atoms with Crippen LogP contribution in [0.1, 0.15) is 20.7 Å². The van der Waals surface area contributed by atoms with Crippen molar-refractivity contribution >= 4 is 11.9 Å². The van der Waals surface area contributed by atoms with E-state index in [0.29, 0.717) is 5.56 Å². The number of aliphatic hydroxyl groups is 1. The number of carbonyl (C=O) groups is 2. The summed E-state index contributed by atoms with van der Waals surface area (Å²) in [6, 6.07) is 16.5. The fourth-order valence-corrected chi connectivity index (χ4v) is 2.71. The molecule has 3 rings (SSSR count). The molecule has 0 unspecified atom stereocenters. The van der Waals surface area contributed by atoms with Gasteiger partial charge in [-0.15, -0.1) is 0 Å². The standard InChI is InChI=1S/C19H17N3O6/c20-22-21-17-16(28-19(25)13-9-5-2-6-10-13)15(23)14(27-17)11-26-18(24)12-7-3-1-4-8-12/h1-10,14-17,23H,11H2/t14-,15-,16+,17+/m1/s1. The molecule has 2 aromatic carbocycles. The van der Waals surface area contributed by atoms with Crippen LogP contribution in [0.3, 0.4) is 0 Å². The van der Waals surface area contributed by atoms with Crippen molar-refractivity contribution in [3.05, 3.63) is 82.2 Å². The van der Waals surface area contributed by atoms with Gasteiger partial charge in [-0.25, -0.2) is 9.59 Å². The van der Waals surface area contributed by atoms with Crippen LogP contribution in [0.25, 0.3) is 10.4 Å². The van der Waals surface area contributed by atoms with E-state index in [-0.39, 0.29) is 12.2 Å². The van der Waals surface area contributed by atoms with E-state index in [1.165, 1.54) is 0 Å². The van der Waals surface area contributed by atoms with Gasteiger partial charge in [0.1, 0.15) is 18.8 Å². The lowest BCUT2D eigenvalue weighted by Crippen LogP contribution is -2.38. The quantitative estimate of drug-likeness (QED) is 0.353. The highest BCUT2D eigenvalue weighted by atomic mass is 16.6. The predicted molar refractivity (Wildman–Crippen MR) is 96.2 cm³/mol. The average molecular weight is 383 g/mol. The summed E-state index contributed by atoms with van der Waals surface area (Å²) in [5.74, 6) is -1.30. The van der Waals surface area contributed by atoms with Crippen molar-refractivity contribution < 1.29 is 28.9 Å². The molecule has 0 amide bonds. The number of hydrogen-bond acceptors (Lipinski definition) is 7. The fourth-order valence-electron chi connectivity index (χ4n) is 2.71. The van der Waals surface area contributed by atoms with Gasteiger partial charge >= 0.3 is 11.9 Å². The van der Waals surface area contributed by atoms with Crippen LogP contribution in [0.2, 0.25) is 0 Å². The van der Waals surface area contributed by atoms with Crippen LogP contribution in [0.15, 0.2) is 65.8 Å². The molecular formula is C19H17N3O6. The monoisotopic (exact) mass is 383 g/mol. The molecule has 9 heteroatoms. The highest BCUT2D eigenvalue weighted by Crippen LogP contribution is 2.26. The van der Waals surface area contributed by atoms with Crippen LogP contribution < -0.4 is 0 Å². The van der Waals surface area contributed by atoms with Crippen LogP contribution in [0.5, 0.6) is 0 Å². The summed E-state index contributed by atoms with van der Waals surface area (Å²) in [5.41, 5.74) is 9.32. The van der Waals surface area contributed by atoms with Crippen LogP contribution in [0.4, 0.5) is 0 Å². The number of hydrogen-bond donors (Lipinski definition) is 1. The lowest BCUT2D eigenvalue weighted by molar-refractivity contribution is -0.0320. The summed E-state index contributed by atoms with van der Waals surface area (Å²) in [4.78, 5) is 26.9. The lowest BCUT2D eigenvalue weighted by atomic mass is 10.1. The molecule has 1 N–H and O–H groups in total. The van der Waals surface area contributed by atoms with Gasteiger partial charge in [-0.1, -0.05) is 41.5 Å². The van der Waals surface area contributed by atoms with E-state index >= 15 is 0 Å². The van der Waals surface area contributed by atoms with Gasteiger partial charge in [0.05, 0.1) is 11.1 Å². The topological polar surface area (TPSA) is 131 Å². The summed E-state index contributed by atoms with van der Waals surface area (Å²) in [5, 5.41) is 13.9. The maximum absolute atomic E-state index is 12.2. The summed E-state index contributed by atoms with van der Waals surface area (Å²) in [6.07, 6.45) is -4.83. The Bertz CT molecular complexity index is 870. The van der Waals surface area contributed by atoms with Crippen LogP contribution >= 0.6 is 0 Å². The molecule has 0 aromatic heterocycles. The van der Waals surface area contributed by atoms with Crippen molar-refractivity contribution in [2.75, 3.05) is 6.61 Å². The normalized spacial score (nSPS) is 23.5. The molecule has 1 saturated heterocycles. The summed E-state index contributed by atoms with van der Waals surface area (Å²) in [7, 11) is 0. The smallest absolute Gasteiger partial charge is 0.338 e. The Morgan fingerprint density at radius 2 is 1.61 bits per heavy atom. The zero-order valence-electron chi connectivity index (χ0n) is 14.6. The van der Waals surface area contributed by atoms with E-state index < -0.39 is 36.5 Å². The van der Waals surface area contributed by atoms with Crippen molar-refractivity contribution in [3.8, 4) is 0 Å². The molecule has 1 aliphatic rings. The maximum Gasteiger partial charge on any atom is 0.338 e. The molecule has 28 heavy (non-hydrogen) atoms.